The van der Waals surface area contributed by atoms with E-state index in [9.17, 15) is 17.6 Å². The van der Waals surface area contributed by atoms with E-state index in [1.54, 1.807) is 0 Å². The fourth-order valence-electron chi connectivity index (χ4n) is 0.534. The van der Waals surface area contributed by atoms with Gasteiger partial charge < -0.3 is 5.11 Å². The zero-order valence-electron chi connectivity index (χ0n) is 8.35. The molecule has 1 aromatic rings. The van der Waals surface area contributed by atoms with Crippen LogP contribution in [-0.2, 0) is 0 Å². The molecule has 0 aromatic heterocycles. The van der Waals surface area contributed by atoms with Crippen molar-refractivity contribution >= 4 is 0 Å². The summed E-state index contributed by atoms with van der Waals surface area (Å²) in [6, 6.07) is 10.3. The molecule has 0 aliphatic carbocycles. The third-order valence-corrected chi connectivity index (χ3v) is 1.47. The summed E-state index contributed by atoms with van der Waals surface area (Å²) < 4.78 is 44.5. The largest absolute Gasteiger partial charge is 0.416 e. The number of aliphatic hydroxyl groups is 1. The van der Waals surface area contributed by atoms with Crippen LogP contribution in [0.15, 0.2) is 30.3 Å². The highest BCUT2D eigenvalue weighted by molar-refractivity contribution is 5.11. The molecule has 5 heteroatoms. The summed E-state index contributed by atoms with van der Waals surface area (Å²) in [5.41, 5.74) is 1.32. The Kier molecular flexibility index (Phi) is 4.74. The zero-order chi connectivity index (χ0) is 12.1. The summed E-state index contributed by atoms with van der Waals surface area (Å²) in [4.78, 5) is 0. The smallest absolute Gasteiger partial charge is 0.332 e. The molecule has 0 saturated heterocycles. The number of benzene rings is 1. The van der Waals surface area contributed by atoms with Crippen LogP contribution < -0.4 is 0 Å². The molecule has 0 unspecified atom stereocenters. The summed E-state index contributed by atoms with van der Waals surface area (Å²) >= 11 is 0. The van der Waals surface area contributed by atoms with Gasteiger partial charge in [0.05, 0.1) is 0 Å². The Morgan fingerprint density at radius 3 is 1.47 bits per heavy atom. The molecule has 1 nitrogen and oxygen atoms in total. The number of aryl methyl sites for hydroxylation is 1. The maximum atomic E-state index is 11.2. The Balaban J connectivity index is 0.000000262. The second kappa shape index (κ2) is 5.11. The average Bonchev–Trinajstić information content (AvgIpc) is 2.02. The lowest BCUT2D eigenvalue weighted by Gasteiger charge is -2.15. The van der Waals surface area contributed by atoms with Crippen molar-refractivity contribution in [2.24, 2.45) is 0 Å². The predicted molar refractivity (Wildman–Crippen MR) is 49.0 cm³/mol. The van der Waals surface area contributed by atoms with Gasteiger partial charge in [0.2, 0.25) is 0 Å². The lowest BCUT2D eigenvalue weighted by Crippen LogP contribution is -2.36. The lowest BCUT2D eigenvalue weighted by molar-refractivity contribution is -0.318. The van der Waals surface area contributed by atoms with Gasteiger partial charge in [0.25, 0.3) is 0 Å². The highest BCUT2D eigenvalue weighted by Crippen LogP contribution is 2.30. The number of rotatable bonds is 1. The van der Waals surface area contributed by atoms with Crippen LogP contribution in [-0.4, -0.2) is 17.1 Å². The molecule has 0 saturated carbocycles. The van der Waals surface area contributed by atoms with Crippen LogP contribution in [0.2, 0.25) is 0 Å². The maximum Gasteiger partial charge on any atom is 0.416 e. The molecule has 0 atom stereocenters. The van der Waals surface area contributed by atoms with Gasteiger partial charge in [-0.3, -0.25) is 0 Å². The van der Waals surface area contributed by atoms with Crippen molar-refractivity contribution < 1.29 is 22.7 Å². The summed E-state index contributed by atoms with van der Waals surface area (Å²) in [5.74, 6) is -4.34. The molecule has 0 aliphatic rings. The van der Waals surface area contributed by atoms with Crippen molar-refractivity contribution in [2.45, 2.75) is 25.9 Å². The predicted octanol–water partition coefficient (Wildman–Crippen LogP) is 3.22. The van der Waals surface area contributed by atoms with E-state index in [1.165, 1.54) is 5.56 Å². The van der Waals surface area contributed by atoms with Gasteiger partial charge in [0, 0.05) is 6.92 Å². The molecular formula is C10H12F4O. The van der Waals surface area contributed by atoms with E-state index < -0.39 is 12.0 Å². The molecule has 86 valence electrons. The van der Waals surface area contributed by atoms with Gasteiger partial charge in [-0.15, -0.1) is 0 Å². The minimum atomic E-state index is -4.90. The second-order valence-corrected chi connectivity index (χ2v) is 3.08. The summed E-state index contributed by atoms with van der Waals surface area (Å²) in [6.45, 7) is 2.02. The molecule has 0 fully saturated rings. The topological polar surface area (TPSA) is 20.2 Å². The fraction of sp³-hybridized carbons (Fsp3) is 0.400. The standard InChI is InChI=1S/C7H8.C3H4F4O/c1-7-5-3-2-4-6-7;1-2(4,5)3(6,7)8/h2-6H,1H3;8H,1H3. The molecule has 1 rings (SSSR count). The van der Waals surface area contributed by atoms with Gasteiger partial charge in [-0.25, -0.2) is 0 Å². The first-order valence-electron chi connectivity index (χ1n) is 4.14. The van der Waals surface area contributed by atoms with E-state index in [2.05, 4.69) is 19.1 Å². The summed E-state index contributed by atoms with van der Waals surface area (Å²) in [7, 11) is 0. The van der Waals surface area contributed by atoms with Gasteiger partial charge in [-0.1, -0.05) is 35.9 Å². The Morgan fingerprint density at radius 1 is 1.00 bits per heavy atom. The van der Waals surface area contributed by atoms with Crippen LogP contribution in [0.3, 0.4) is 0 Å². The number of hydrogen-bond donors (Lipinski definition) is 1. The third kappa shape index (κ3) is 6.06. The molecule has 0 spiro atoms. The van der Waals surface area contributed by atoms with Crippen LogP contribution >= 0.6 is 0 Å². The first-order chi connectivity index (χ1) is 6.64. The molecular weight excluding hydrogens is 212 g/mol. The van der Waals surface area contributed by atoms with E-state index in [0.29, 0.717) is 0 Å². The van der Waals surface area contributed by atoms with Crippen molar-refractivity contribution in [3.63, 3.8) is 0 Å². The summed E-state index contributed by atoms with van der Waals surface area (Å²) in [5, 5.41) is 7.27. The third-order valence-electron chi connectivity index (χ3n) is 1.47. The zero-order valence-corrected chi connectivity index (χ0v) is 8.35. The van der Waals surface area contributed by atoms with Crippen LogP contribution in [0, 0.1) is 6.92 Å². The molecule has 0 radical (unpaired) electrons. The highest BCUT2D eigenvalue weighted by Gasteiger charge is 2.50. The Hall–Kier alpha value is -1.10. The Labute approximate surface area is 85.4 Å². The van der Waals surface area contributed by atoms with Gasteiger partial charge in [-0.2, -0.15) is 17.6 Å². The van der Waals surface area contributed by atoms with Crippen LogP contribution in [0.25, 0.3) is 0 Å². The molecule has 1 N–H and O–H groups in total. The van der Waals surface area contributed by atoms with E-state index in [1.807, 2.05) is 18.2 Å². The second-order valence-electron chi connectivity index (χ2n) is 3.08. The first-order valence-corrected chi connectivity index (χ1v) is 4.14. The molecule has 15 heavy (non-hydrogen) atoms. The molecule has 0 heterocycles. The SMILES string of the molecule is CC(F)(F)C(O)(F)F.Cc1ccccc1. The van der Waals surface area contributed by atoms with E-state index in [-0.39, 0.29) is 6.92 Å². The number of halogens is 4. The first kappa shape index (κ1) is 13.9. The van der Waals surface area contributed by atoms with Crippen molar-refractivity contribution in [2.75, 3.05) is 0 Å². The fourth-order valence-corrected chi connectivity index (χ4v) is 0.534. The number of hydrogen-bond acceptors (Lipinski definition) is 1. The molecule has 0 aliphatic heterocycles. The Morgan fingerprint density at radius 2 is 1.33 bits per heavy atom. The highest BCUT2D eigenvalue weighted by atomic mass is 19.3. The van der Waals surface area contributed by atoms with E-state index in [0.717, 1.165) is 0 Å². The van der Waals surface area contributed by atoms with Gasteiger partial charge in [-0.05, 0) is 6.92 Å². The van der Waals surface area contributed by atoms with Crippen LogP contribution in [0.5, 0.6) is 0 Å². The van der Waals surface area contributed by atoms with E-state index >= 15 is 0 Å². The Bertz CT molecular complexity index is 262. The molecule has 0 bridgehead atoms. The average molecular weight is 224 g/mol. The minimum Gasteiger partial charge on any atom is -0.332 e. The van der Waals surface area contributed by atoms with Gasteiger partial charge in [0.1, 0.15) is 0 Å². The minimum absolute atomic E-state index is 0.0625. The van der Waals surface area contributed by atoms with Crippen LogP contribution in [0.1, 0.15) is 12.5 Å². The van der Waals surface area contributed by atoms with Crippen LogP contribution in [0.4, 0.5) is 17.6 Å². The maximum absolute atomic E-state index is 11.2. The lowest BCUT2D eigenvalue weighted by atomic mass is 10.2. The number of alkyl halides is 4. The van der Waals surface area contributed by atoms with E-state index in [4.69, 9.17) is 5.11 Å². The normalized spacial score (nSPS) is 11.7. The van der Waals surface area contributed by atoms with Gasteiger partial charge >= 0.3 is 12.0 Å². The summed E-state index contributed by atoms with van der Waals surface area (Å²) in [6.07, 6.45) is -4.90. The van der Waals surface area contributed by atoms with Crippen molar-refractivity contribution in [3.8, 4) is 0 Å². The molecule has 1 aromatic carbocycles. The molecule has 0 amide bonds. The van der Waals surface area contributed by atoms with Gasteiger partial charge in [0.15, 0.2) is 0 Å². The van der Waals surface area contributed by atoms with Crippen molar-refractivity contribution in [1.29, 1.82) is 0 Å². The van der Waals surface area contributed by atoms with Crippen molar-refractivity contribution in [1.82, 2.24) is 0 Å². The quantitative estimate of drug-likeness (QED) is 0.726. The van der Waals surface area contributed by atoms with Crippen molar-refractivity contribution in [3.05, 3.63) is 35.9 Å². The monoisotopic (exact) mass is 224 g/mol.